The molecule has 0 aliphatic carbocycles. The zero-order chi connectivity index (χ0) is 11.0. The van der Waals surface area contributed by atoms with Gasteiger partial charge in [-0.1, -0.05) is 17.7 Å². The van der Waals surface area contributed by atoms with E-state index in [0.717, 1.165) is 22.3 Å². The SMILES string of the molecule is COc1cccc2c1c(Cl)c(CN)n2C. The number of fused-ring (bicyclic) bond motifs is 1. The quantitative estimate of drug-likeness (QED) is 0.851. The number of rotatable bonds is 2. The molecule has 80 valence electrons. The summed E-state index contributed by atoms with van der Waals surface area (Å²) in [4.78, 5) is 0. The van der Waals surface area contributed by atoms with Gasteiger partial charge in [0.25, 0.3) is 0 Å². The molecule has 0 saturated carbocycles. The third kappa shape index (κ3) is 1.39. The van der Waals surface area contributed by atoms with Crippen molar-refractivity contribution in [2.24, 2.45) is 12.8 Å². The Bertz CT molecular complexity index is 505. The molecule has 0 aliphatic rings. The van der Waals surface area contributed by atoms with Crippen LogP contribution in [0.2, 0.25) is 5.02 Å². The van der Waals surface area contributed by atoms with Gasteiger partial charge < -0.3 is 15.0 Å². The van der Waals surface area contributed by atoms with E-state index in [4.69, 9.17) is 22.1 Å². The number of hydrogen-bond donors (Lipinski definition) is 1. The van der Waals surface area contributed by atoms with Gasteiger partial charge >= 0.3 is 0 Å². The van der Waals surface area contributed by atoms with Crippen molar-refractivity contribution in [3.63, 3.8) is 0 Å². The Labute approximate surface area is 93.4 Å². The largest absolute Gasteiger partial charge is 0.496 e. The van der Waals surface area contributed by atoms with Crippen LogP contribution in [0, 0.1) is 0 Å². The van der Waals surface area contributed by atoms with Crippen molar-refractivity contribution in [2.45, 2.75) is 6.54 Å². The van der Waals surface area contributed by atoms with E-state index in [0.29, 0.717) is 11.6 Å². The number of nitrogens with two attached hydrogens (primary N) is 1. The summed E-state index contributed by atoms with van der Waals surface area (Å²) in [5.41, 5.74) is 7.63. The van der Waals surface area contributed by atoms with E-state index in [1.807, 2.05) is 29.8 Å². The minimum Gasteiger partial charge on any atom is -0.496 e. The summed E-state index contributed by atoms with van der Waals surface area (Å²) in [6, 6.07) is 5.84. The Morgan fingerprint density at radius 1 is 1.47 bits per heavy atom. The number of halogens is 1. The topological polar surface area (TPSA) is 40.2 Å². The third-order valence-electron chi connectivity index (χ3n) is 2.66. The average Bonchev–Trinajstić information content (AvgIpc) is 2.51. The summed E-state index contributed by atoms with van der Waals surface area (Å²) >= 11 is 6.27. The maximum absolute atomic E-state index is 6.27. The van der Waals surface area contributed by atoms with E-state index in [2.05, 4.69) is 0 Å². The normalized spacial score (nSPS) is 10.9. The summed E-state index contributed by atoms with van der Waals surface area (Å²) in [6.07, 6.45) is 0. The number of benzene rings is 1. The second-order valence-electron chi connectivity index (χ2n) is 3.38. The van der Waals surface area contributed by atoms with Crippen LogP contribution in [-0.4, -0.2) is 11.7 Å². The standard InChI is InChI=1S/C11H13ClN2O/c1-14-7-4-3-5-9(15-2)10(7)11(12)8(14)6-13/h3-5H,6,13H2,1-2H3. The number of methoxy groups -OCH3 is 1. The first-order valence-electron chi connectivity index (χ1n) is 4.70. The smallest absolute Gasteiger partial charge is 0.129 e. The van der Waals surface area contributed by atoms with Gasteiger partial charge in [0.05, 0.1) is 28.7 Å². The Balaban J connectivity index is 2.88. The third-order valence-corrected chi connectivity index (χ3v) is 3.06. The van der Waals surface area contributed by atoms with Crippen molar-refractivity contribution in [1.82, 2.24) is 4.57 Å². The predicted octanol–water partition coefficient (Wildman–Crippen LogP) is 2.30. The van der Waals surface area contributed by atoms with Crippen LogP contribution in [0.3, 0.4) is 0 Å². The lowest BCUT2D eigenvalue weighted by molar-refractivity contribution is 0.420. The highest BCUT2D eigenvalue weighted by Gasteiger charge is 2.15. The summed E-state index contributed by atoms with van der Waals surface area (Å²) in [5, 5.41) is 1.62. The summed E-state index contributed by atoms with van der Waals surface area (Å²) in [6.45, 7) is 0.424. The molecule has 0 atom stereocenters. The van der Waals surface area contributed by atoms with Gasteiger partial charge in [-0.2, -0.15) is 0 Å². The summed E-state index contributed by atoms with van der Waals surface area (Å²) < 4.78 is 7.28. The fourth-order valence-electron chi connectivity index (χ4n) is 1.85. The van der Waals surface area contributed by atoms with E-state index < -0.39 is 0 Å². The van der Waals surface area contributed by atoms with Gasteiger partial charge in [0.2, 0.25) is 0 Å². The van der Waals surface area contributed by atoms with Gasteiger partial charge in [-0.05, 0) is 12.1 Å². The molecule has 0 bridgehead atoms. The van der Waals surface area contributed by atoms with Gasteiger partial charge in [-0.3, -0.25) is 0 Å². The molecule has 4 heteroatoms. The average molecular weight is 225 g/mol. The lowest BCUT2D eigenvalue weighted by Gasteiger charge is -2.02. The molecular weight excluding hydrogens is 212 g/mol. The van der Waals surface area contributed by atoms with Crippen LogP contribution in [-0.2, 0) is 13.6 Å². The lowest BCUT2D eigenvalue weighted by atomic mass is 10.2. The van der Waals surface area contributed by atoms with Crippen molar-refractivity contribution in [2.75, 3.05) is 7.11 Å². The van der Waals surface area contributed by atoms with Gasteiger partial charge in [0.1, 0.15) is 5.75 Å². The van der Waals surface area contributed by atoms with E-state index in [9.17, 15) is 0 Å². The fraction of sp³-hybridized carbons (Fsp3) is 0.273. The first-order valence-corrected chi connectivity index (χ1v) is 5.08. The molecule has 2 rings (SSSR count). The number of aryl methyl sites for hydroxylation is 1. The van der Waals surface area contributed by atoms with Crippen molar-refractivity contribution in [3.05, 3.63) is 28.9 Å². The molecule has 3 nitrogen and oxygen atoms in total. The number of aromatic nitrogens is 1. The van der Waals surface area contributed by atoms with Crippen LogP contribution in [0.15, 0.2) is 18.2 Å². The first kappa shape index (κ1) is 10.3. The maximum Gasteiger partial charge on any atom is 0.129 e. The Kier molecular flexibility index (Phi) is 2.59. The molecular formula is C11H13ClN2O. The molecule has 2 aromatic rings. The molecule has 0 saturated heterocycles. The maximum atomic E-state index is 6.27. The first-order chi connectivity index (χ1) is 7.20. The van der Waals surface area contributed by atoms with Crippen molar-refractivity contribution in [3.8, 4) is 5.75 Å². The molecule has 0 unspecified atom stereocenters. The molecule has 0 spiro atoms. The van der Waals surface area contributed by atoms with E-state index >= 15 is 0 Å². The molecule has 15 heavy (non-hydrogen) atoms. The van der Waals surface area contributed by atoms with Crippen LogP contribution in [0.1, 0.15) is 5.69 Å². The zero-order valence-electron chi connectivity index (χ0n) is 8.75. The van der Waals surface area contributed by atoms with Gasteiger partial charge in [0, 0.05) is 13.6 Å². The minimum absolute atomic E-state index is 0.424. The molecule has 1 aromatic heterocycles. The molecule has 0 fully saturated rings. The highest BCUT2D eigenvalue weighted by molar-refractivity contribution is 6.37. The van der Waals surface area contributed by atoms with E-state index in [-0.39, 0.29) is 0 Å². The molecule has 0 radical (unpaired) electrons. The van der Waals surface area contributed by atoms with Crippen molar-refractivity contribution in [1.29, 1.82) is 0 Å². The van der Waals surface area contributed by atoms with Crippen LogP contribution in [0.5, 0.6) is 5.75 Å². The lowest BCUT2D eigenvalue weighted by Crippen LogP contribution is -2.03. The Morgan fingerprint density at radius 2 is 2.20 bits per heavy atom. The van der Waals surface area contributed by atoms with Crippen molar-refractivity contribution >= 4 is 22.5 Å². The Morgan fingerprint density at radius 3 is 2.80 bits per heavy atom. The number of hydrogen-bond acceptors (Lipinski definition) is 2. The van der Waals surface area contributed by atoms with Crippen LogP contribution < -0.4 is 10.5 Å². The van der Waals surface area contributed by atoms with Crippen molar-refractivity contribution < 1.29 is 4.74 Å². The van der Waals surface area contributed by atoms with E-state index in [1.165, 1.54) is 0 Å². The predicted molar refractivity (Wildman–Crippen MR) is 62.4 cm³/mol. The highest BCUT2D eigenvalue weighted by atomic mass is 35.5. The highest BCUT2D eigenvalue weighted by Crippen LogP contribution is 2.36. The van der Waals surface area contributed by atoms with Crippen LogP contribution >= 0.6 is 11.6 Å². The zero-order valence-corrected chi connectivity index (χ0v) is 9.51. The molecule has 0 amide bonds. The fourth-order valence-corrected chi connectivity index (χ4v) is 2.25. The molecule has 1 aromatic carbocycles. The summed E-state index contributed by atoms with van der Waals surface area (Å²) in [5.74, 6) is 0.785. The molecule has 1 heterocycles. The number of nitrogens with zero attached hydrogens (tertiary/aromatic N) is 1. The second-order valence-corrected chi connectivity index (χ2v) is 3.76. The Hall–Kier alpha value is -1.19. The van der Waals surface area contributed by atoms with E-state index in [1.54, 1.807) is 7.11 Å². The van der Waals surface area contributed by atoms with Crippen LogP contribution in [0.25, 0.3) is 10.9 Å². The van der Waals surface area contributed by atoms with Gasteiger partial charge in [-0.25, -0.2) is 0 Å². The minimum atomic E-state index is 0.424. The van der Waals surface area contributed by atoms with Crippen LogP contribution in [0.4, 0.5) is 0 Å². The van der Waals surface area contributed by atoms with Gasteiger partial charge in [-0.15, -0.1) is 0 Å². The van der Waals surface area contributed by atoms with Gasteiger partial charge in [0.15, 0.2) is 0 Å². The molecule has 2 N–H and O–H groups in total. The monoisotopic (exact) mass is 224 g/mol. The summed E-state index contributed by atoms with van der Waals surface area (Å²) in [7, 11) is 3.59. The second kappa shape index (κ2) is 3.76. The number of ether oxygens (including phenoxy) is 1. The molecule has 0 aliphatic heterocycles.